The Hall–Kier alpha value is -3.63. The van der Waals surface area contributed by atoms with E-state index in [4.69, 9.17) is 34.2 Å². The first-order valence-electron chi connectivity index (χ1n) is 14.8. The Morgan fingerprint density at radius 2 is 1.84 bits per heavy atom. The molecule has 0 aromatic heterocycles. The Labute approximate surface area is 261 Å². The summed E-state index contributed by atoms with van der Waals surface area (Å²) in [7, 11) is -4.09. The van der Waals surface area contributed by atoms with E-state index < -0.39 is 46.6 Å². The maximum absolute atomic E-state index is 13.8. The number of fused-ring (bicyclic) bond motifs is 2. The molecule has 3 aliphatic rings. The number of alkyl carbamates (subject to hydrolysis) is 1. The van der Waals surface area contributed by atoms with Gasteiger partial charge in [0.15, 0.2) is 24.4 Å². The molecule has 0 aliphatic carbocycles. The molecule has 4 N–H and O–H groups in total. The Balaban J connectivity index is 1.34. The van der Waals surface area contributed by atoms with Crippen molar-refractivity contribution in [3.63, 3.8) is 0 Å². The molecule has 45 heavy (non-hydrogen) atoms. The number of carbonyl (C=O) groups excluding carboxylic acids is 2. The average molecular weight is 650 g/mol. The second kappa shape index (κ2) is 14.2. The number of nitrogens with zero attached hydrogens (tertiary/aromatic N) is 1. The number of aliphatic hydroxyl groups is 1. The number of sulfonamides is 1. The van der Waals surface area contributed by atoms with E-state index in [1.165, 1.54) is 22.5 Å². The fourth-order valence-electron chi connectivity index (χ4n) is 5.48. The fraction of sp³-hybridized carbons (Fsp3) is 0.533. The van der Waals surface area contributed by atoms with E-state index in [2.05, 4.69) is 5.32 Å². The number of ether oxygens (including phenoxy) is 6. The first kappa shape index (κ1) is 32.8. The van der Waals surface area contributed by atoms with E-state index >= 15 is 0 Å². The molecule has 0 radical (unpaired) electrons. The standard InChI is InChI=1S/C30H39N3O11S/c1-18(2)13-33(45(37,38)21-7-8-25-26(12-21)43-17-42-25)14-24(34)23(11-19-3-5-20(6-4-19)40-16-28(31)35)32-30(36)44-27-15-41-29-22(27)9-10-39-29/h3-8,12,18,22-24,27,29,34H,9-11,13-17H2,1-2H3,(H2,31,35)(H,32,36)/t22?,23-,24+,27-,29?/m0/s1. The quantitative estimate of drug-likeness (QED) is 0.269. The van der Waals surface area contributed by atoms with E-state index in [1.807, 2.05) is 13.8 Å². The highest BCUT2D eigenvalue weighted by Gasteiger charge is 2.44. The molecule has 15 heteroatoms. The molecule has 3 heterocycles. The van der Waals surface area contributed by atoms with Crippen molar-refractivity contribution in [1.82, 2.24) is 9.62 Å². The van der Waals surface area contributed by atoms with Crippen LogP contribution < -0.4 is 25.3 Å². The molecule has 2 saturated heterocycles. The van der Waals surface area contributed by atoms with Crippen LogP contribution in [0.4, 0.5) is 4.79 Å². The molecule has 2 aromatic carbocycles. The first-order valence-corrected chi connectivity index (χ1v) is 16.2. The van der Waals surface area contributed by atoms with Gasteiger partial charge in [-0.1, -0.05) is 26.0 Å². The maximum Gasteiger partial charge on any atom is 0.407 e. The summed E-state index contributed by atoms with van der Waals surface area (Å²) in [5.74, 6) is 0.401. The van der Waals surface area contributed by atoms with Gasteiger partial charge in [0.1, 0.15) is 11.9 Å². The van der Waals surface area contributed by atoms with Gasteiger partial charge in [-0.15, -0.1) is 0 Å². The van der Waals surface area contributed by atoms with Crippen LogP contribution in [-0.4, -0.2) is 94.1 Å². The lowest BCUT2D eigenvalue weighted by molar-refractivity contribution is -0.119. The lowest BCUT2D eigenvalue weighted by Gasteiger charge is -2.31. The molecule has 2 unspecified atom stereocenters. The molecule has 3 aliphatic heterocycles. The summed E-state index contributed by atoms with van der Waals surface area (Å²) in [5.41, 5.74) is 5.85. The predicted octanol–water partition coefficient (Wildman–Crippen LogP) is 1.39. The zero-order chi connectivity index (χ0) is 32.1. The summed E-state index contributed by atoms with van der Waals surface area (Å²) in [5, 5.41) is 14.3. The van der Waals surface area contributed by atoms with Gasteiger partial charge in [0.25, 0.3) is 5.91 Å². The van der Waals surface area contributed by atoms with Crippen molar-refractivity contribution in [3.8, 4) is 17.2 Å². The van der Waals surface area contributed by atoms with Crippen LogP contribution in [0, 0.1) is 11.8 Å². The molecular formula is C30H39N3O11S. The molecule has 0 spiro atoms. The molecule has 0 bridgehead atoms. The molecular weight excluding hydrogens is 610 g/mol. The van der Waals surface area contributed by atoms with Crippen LogP contribution in [0.3, 0.4) is 0 Å². The van der Waals surface area contributed by atoms with Gasteiger partial charge in [0.2, 0.25) is 16.8 Å². The normalized spacial score (nSPS) is 21.8. The van der Waals surface area contributed by atoms with Gasteiger partial charge < -0.3 is 44.6 Å². The highest BCUT2D eigenvalue weighted by atomic mass is 32.2. The molecule has 2 aromatic rings. The van der Waals surface area contributed by atoms with Crippen LogP contribution in [0.2, 0.25) is 0 Å². The van der Waals surface area contributed by atoms with Gasteiger partial charge >= 0.3 is 6.09 Å². The van der Waals surface area contributed by atoms with Gasteiger partial charge in [0.05, 0.1) is 36.2 Å². The number of amides is 2. The number of carbonyl (C=O) groups is 2. The third-order valence-electron chi connectivity index (χ3n) is 7.71. The van der Waals surface area contributed by atoms with Crippen molar-refractivity contribution in [1.29, 1.82) is 0 Å². The van der Waals surface area contributed by atoms with Crippen LogP contribution >= 0.6 is 0 Å². The summed E-state index contributed by atoms with van der Waals surface area (Å²) < 4.78 is 61.6. The van der Waals surface area contributed by atoms with Crippen molar-refractivity contribution in [2.45, 2.75) is 56.1 Å². The topological polar surface area (TPSA) is 185 Å². The highest BCUT2D eigenvalue weighted by Crippen LogP contribution is 2.35. The average Bonchev–Trinajstić information content (AvgIpc) is 3.74. The molecule has 2 amide bonds. The van der Waals surface area contributed by atoms with E-state index in [0.29, 0.717) is 35.8 Å². The largest absolute Gasteiger partial charge is 0.484 e. The van der Waals surface area contributed by atoms with Gasteiger partial charge in [-0.2, -0.15) is 4.31 Å². The monoisotopic (exact) mass is 649 g/mol. The molecule has 2 fully saturated rings. The molecule has 0 saturated carbocycles. The Morgan fingerprint density at radius 1 is 1.09 bits per heavy atom. The third-order valence-corrected chi connectivity index (χ3v) is 9.54. The Morgan fingerprint density at radius 3 is 2.58 bits per heavy atom. The number of hydrogen-bond donors (Lipinski definition) is 3. The van der Waals surface area contributed by atoms with E-state index in [0.717, 1.165) is 0 Å². The van der Waals surface area contributed by atoms with Crippen molar-refractivity contribution in [2.75, 3.05) is 39.7 Å². The van der Waals surface area contributed by atoms with Gasteiger partial charge in [0, 0.05) is 19.2 Å². The summed E-state index contributed by atoms with van der Waals surface area (Å²) in [6.45, 7) is 3.95. The Bertz CT molecular complexity index is 1450. The van der Waals surface area contributed by atoms with Crippen LogP contribution in [0.25, 0.3) is 0 Å². The fourth-order valence-corrected chi connectivity index (χ4v) is 7.12. The lowest BCUT2D eigenvalue weighted by atomic mass is 10.0. The zero-order valence-electron chi connectivity index (χ0n) is 25.1. The van der Waals surface area contributed by atoms with E-state index in [9.17, 15) is 23.1 Å². The lowest BCUT2D eigenvalue weighted by Crippen LogP contribution is -2.51. The minimum Gasteiger partial charge on any atom is -0.484 e. The number of aliphatic hydroxyl groups excluding tert-OH is 1. The smallest absolute Gasteiger partial charge is 0.407 e. The summed E-state index contributed by atoms with van der Waals surface area (Å²) in [6, 6.07) is 10.1. The summed E-state index contributed by atoms with van der Waals surface area (Å²) in [4.78, 5) is 24.2. The van der Waals surface area contributed by atoms with Crippen LogP contribution in [0.5, 0.6) is 17.2 Å². The molecule has 5 atom stereocenters. The number of nitrogens with one attached hydrogen (secondary N) is 1. The molecule has 14 nitrogen and oxygen atoms in total. The first-order chi connectivity index (χ1) is 21.5. The maximum atomic E-state index is 13.8. The van der Waals surface area contributed by atoms with Gasteiger partial charge in [-0.25, -0.2) is 13.2 Å². The minimum absolute atomic E-state index is 0.00361. The van der Waals surface area contributed by atoms with E-state index in [1.54, 1.807) is 24.3 Å². The van der Waals surface area contributed by atoms with Gasteiger partial charge in [-0.3, -0.25) is 4.79 Å². The number of primary amides is 1. The van der Waals surface area contributed by atoms with Crippen LogP contribution in [-0.2, 0) is 35.4 Å². The predicted molar refractivity (Wildman–Crippen MR) is 158 cm³/mol. The second-order valence-electron chi connectivity index (χ2n) is 11.6. The highest BCUT2D eigenvalue weighted by molar-refractivity contribution is 7.89. The minimum atomic E-state index is -4.09. The van der Waals surface area contributed by atoms with E-state index in [-0.39, 0.29) is 56.2 Å². The number of hydrogen-bond acceptors (Lipinski definition) is 11. The second-order valence-corrected chi connectivity index (χ2v) is 13.6. The summed E-state index contributed by atoms with van der Waals surface area (Å²) >= 11 is 0. The molecule has 5 rings (SSSR count). The molecule has 246 valence electrons. The van der Waals surface area contributed by atoms with Crippen molar-refractivity contribution in [3.05, 3.63) is 48.0 Å². The summed E-state index contributed by atoms with van der Waals surface area (Å²) in [6.07, 6.45) is -2.21. The number of benzene rings is 2. The third kappa shape index (κ3) is 8.16. The Kier molecular flexibility index (Phi) is 10.3. The van der Waals surface area contributed by atoms with Gasteiger partial charge in [-0.05, 0) is 48.6 Å². The van der Waals surface area contributed by atoms with Crippen molar-refractivity contribution < 1.29 is 51.5 Å². The zero-order valence-corrected chi connectivity index (χ0v) is 25.9. The van der Waals surface area contributed by atoms with Crippen LogP contribution in [0.15, 0.2) is 47.4 Å². The number of rotatable bonds is 14. The van der Waals surface area contributed by atoms with Crippen molar-refractivity contribution in [2.24, 2.45) is 17.6 Å². The number of nitrogens with two attached hydrogens (primary N) is 1. The van der Waals surface area contributed by atoms with Crippen molar-refractivity contribution >= 4 is 22.0 Å². The SMILES string of the molecule is CC(C)CN(C[C@@H](O)[C@H](Cc1ccc(OCC(N)=O)cc1)NC(=O)O[C@H]1COC2OCCC21)S(=O)(=O)c1ccc2c(c1)OCO2. The van der Waals surface area contributed by atoms with Crippen LogP contribution in [0.1, 0.15) is 25.8 Å².